The average molecular weight is 310 g/mol. The van der Waals surface area contributed by atoms with Gasteiger partial charge in [0, 0.05) is 32.1 Å². The molecule has 0 bridgehead atoms. The van der Waals surface area contributed by atoms with Crippen molar-refractivity contribution in [2.45, 2.75) is 6.42 Å². The van der Waals surface area contributed by atoms with Crippen molar-refractivity contribution in [1.29, 1.82) is 0 Å². The zero-order valence-corrected chi connectivity index (χ0v) is 11.9. The van der Waals surface area contributed by atoms with Crippen molar-refractivity contribution in [3.8, 4) is 0 Å². The smallest absolute Gasteiger partial charge is 0.270 e. The molecular formula is C12H12ClN5O3. The third-order valence-electron chi connectivity index (χ3n) is 2.84. The molecule has 8 nitrogen and oxygen atoms in total. The van der Waals surface area contributed by atoms with Gasteiger partial charge in [-0.05, 0) is 6.07 Å². The minimum Gasteiger partial charge on any atom is -0.352 e. The number of carbonyl (C=O) groups is 1. The van der Waals surface area contributed by atoms with E-state index in [1.165, 1.54) is 12.1 Å². The maximum Gasteiger partial charge on any atom is 0.270 e. The Morgan fingerprint density at radius 1 is 1.52 bits per heavy atom. The summed E-state index contributed by atoms with van der Waals surface area (Å²) < 4.78 is 1.74. The van der Waals surface area contributed by atoms with Crippen molar-refractivity contribution in [2.75, 3.05) is 6.54 Å². The molecule has 1 aromatic carbocycles. The van der Waals surface area contributed by atoms with Crippen molar-refractivity contribution in [3.05, 3.63) is 51.1 Å². The monoisotopic (exact) mass is 309 g/mol. The Morgan fingerprint density at radius 3 is 2.90 bits per heavy atom. The molecule has 110 valence electrons. The van der Waals surface area contributed by atoms with Crippen molar-refractivity contribution < 1.29 is 9.72 Å². The first kappa shape index (κ1) is 14.9. The molecule has 0 atom stereocenters. The molecule has 0 spiro atoms. The molecule has 1 aromatic heterocycles. The van der Waals surface area contributed by atoms with E-state index in [1.807, 2.05) is 0 Å². The van der Waals surface area contributed by atoms with Crippen molar-refractivity contribution in [2.24, 2.45) is 7.05 Å². The normalized spacial score (nSPS) is 10.4. The lowest BCUT2D eigenvalue weighted by molar-refractivity contribution is -0.384. The third kappa shape index (κ3) is 3.54. The summed E-state index contributed by atoms with van der Waals surface area (Å²) in [4.78, 5) is 22.1. The Hall–Kier alpha value is -2.48. The van der Waals surface area contributed by atoms with Gasteiger partial charge in [0.25, 0.3) is 11.6 Å². The molecule has 1 N–H and O–H groups in total. The van der Waals surface area contributed by atoms with Gasteiger partial charge >= 0.3 is 0 Å². The molecule has 9 heteroatoms. The van der Waals surface area contributed by atoms with Gasteiger partial charge in [0.1, 0.15) is 12.2 Å². The van der Waals surface area contributed by atoms with E-state index in [1.54, 1.807) is 17.9 Å². The predicted octanol–water partition coefficient (Wildman–Crippen LogP) is 1.35. The first-order chi connectivity index (χ1) is 9.99. The number of hydrogen-bond donors (Lipinski definition) is 1. The predicted molar refractivity (Wildman–Crippen MR) is 75.1 cm³/mol. The lowest BCUT2D eigenvalue weighted by Crippen LogP contribution is -2.26. The molecule has 0 unspecified atom stereocenters. The third-order valence-corrected chi connectivity index (χ3v) is 3.17. The number of non-ortho nitro benzene ring substituents is 1. The second kappa shape index (κ2) is 6.31. The van der Waals surface area contributed by atoms with Gasteiger partial charge < -0.3 is 9.88 Å². The number of aryl methyl sites for hydroxylation is 1. The minimum atomic E-state index is -0.577. The van der Waals surface area contributed by atoms with Crippen LogP contribution in [0, 0.1) is 10.1 Å². The van der Waals surface area contributed by atoms with Gasteiger partial charge in [0.05, 0.1) is 15.5 Å². The fraction of sp³-hybridized carbons (Fsp3) is 0.250. The quantitative estimate of drug-likeness (QED) is 0.663. The average Bonchev–Trinajstić information content (AvgIpc) is 2.84. The van der Waals surface area contributed by atoms with E-state index >= 15 is 0 Å². The Morgan fingerprint density at radius 2 is 2.29 bits per heavy atom. The summed E-state index contributed by atoms with van der Waals surface area (Å²) in [5.74, 6) is 0.256. The number of rotatable bonds is 5. The maximum absolute atomic E-state index is 12.0. The standard InChI is InChI=1S/C12H12ClN5O3/c1-17-7-15-16-11(17)4-5-14-12(19)9-6-8(18(20)21)2-3-10(9)13/h2-3,6-7H,4-5H2,1H3,(H,14,19). The van der Waals surface area contributed by atoms with Crippen LogP contribution in [0.1, 0.15) is 16.2 Å². The molecule has 0 aliphatic heterocycles. The molecule has 0 saturated carbocycles. The summed E-state index contributed by atoms with van der Waals surface area (Å²) in [6.07, 6.45) is 2.06. The fourth-order valence-electron chi connectivity index (χ4n) is 1.72. The number of aromatic nitrogens is 3. The Kier molecular flexibility index (Phi) is 4.49. The molecule has 0 aliphatic rings. The highest BCUT2D eigenvalue weighted by Gasteiger charge is 2.15. The van der Waals surface area contributed by atoms with E-state index in [4.69, 9.17) is 11.6 Å². The van der Waals surface area contributed by atoms with Gasteiger partial charge in [-0.2, -0.15) is 0 Å². The lowest BCUT2D eigenvalue weighted by Gasteiger charge is -2.06. The van der Waals surface area contributed by atoms with Crippen LogP contribution in [0.5, 0.6) is 0 Å². The van der Waals surface area contributed by atoms with Gasteiger partial charge in [0.2, 0.25) is 0 Å². The van der Waals surface area contributed by atoms with E-state index in [-0.39, 0.29) is 16.3 Å². The van der Waals surface area contributed by atoms with E-state index in [2.05, 4.69) is 15.5 Å². The number of halogens is 1. The number of amides is 1. The van der Waals surface area contributed by atoms with Crippen LogP contribution in [-0.4, -0.2) is 32.1 Å². The second-order valence-electron chi connectivity index (χ2n) is 4.29. The molecule has 2 aromatic rings. The molecular weight excluding hydrogens is 298 g/mol. The first-order valence-corrected chi connectivity index (χ1v) is 6.42. The number of nitrogens with one attached hydrogen (secondary N) is 1. The van der Waals surface area contributed by atoms with Gasteiger partial charge in [-0.1, -0.05) is 11.6 Å². The summed E-state index contributed by atoms with van der Waals surface area (Å²) in [5, 5.41) is 21.1. The largest absolute Gasteiger partial charge is 0.352 e. The van der Waals surface area contributed by atoms with Gasteiger partial charge in [-0.15, -0.1) is 10.2 Å². The van der Waals surface area contributed by atoms with Crippen LogP contribution in [0.2, 0.25) is 5.02 Å². The number of benzene rings is 1. The minimum absolute atomic E-state index is 0.0730. The zero-order chi connectivity index (χ0) is 15.4. The van der Waals surface area contributed by atoms with Crippen molar-refractivity contribution >= 4 is 23.2 Å². The number of carbonyl (C=O) groups excluding carboxylic acids is 1. The molecule has 1 heterocycles. The Balaban J connectivity index is 2.01. The first-order valence-electron chi connectivity index (χ1n) is 6.04. The van der Waals surface area contributed by atoms with E-state index in [0.29, 0.717) is 13.0 Å². The van der Waals surface area contributed by atoms with Crippen LogP contribution >= 0.6 is 11.6 Å². The molecule has 1 amide bonds. The van der Waals surface area contributed by atoms with Crippen LogP contribution in [0.15, 0.2) is 24.5 Å². The summed E-state index contributed by atoms with van der Waals surface area (Å²) in [7, 11) is 1.80. The SMILES string of the molecule is Cn1cnnc1CCNC(=O)c1cc([N+](=O)[O-])ccc1Cl. The van der Waals surface area contributed by atoms with Crippen LogP contribution in [-0.2, 0) is 13.5 Å². The van der Waals surface area contributed by atoms with Crippen molar-refractivity contribution in [3.63, 3.8) is 0 Å². The maximum atomic E-state index is 12.0. The van der Waals surface area contributed by atoms with E-state index < -0.39 is 10.8 Å². The number of hydrogen-bond acceptors (Lipinski definition) is 5. The highest BCUT2D eigenvalue weighted by Crippen LogP contribution is 2.21. The molecule has 21 heavy (non-hydrogen) atoms. The molecule has 0 aliphatic carbocycles. The second-order valence-corrected chi connectivity index (χ2v) is 4.69. The van der Waals surface area contributed by atoms with E-state index in [9.17, 15) is 14.9 Å². The number of nitro benzene ring substituents is 1. The molecule has 0 saturated heterocycles. The Bertz CT molecular complexity index is 685. The van der Waals surface area contributed by atoms with Gasteiger partial charge in [-0.3, -0.25) is 14.9 Å². The highest BCUT2D eigenvalue weighted by molar-refractivity contribution is 6.33. The summed E-state index contributed by atoms with van der Waals surface area (Å²) in [6.45, 7) is 0.324. The van der Waals surface area contributed by atoms with Crippen LogP contribution < -0.4 is 5.32 Å². The van der Waals surface area contributed by atoms with Crippen LogP contribution in [0.3, 0.4) is 0 Å². The molecule has 0 fully saturated rings. The summed E-state index contributed by atoms with van der Waals surface area (Å²) in [6, 6.07) is 3.73. The van der Waals surface area contributed by atoms with Gasteiger partial charge in [0.15, 0.2) is 0 Å². The zero-order valence-electron chi connectivity index (χ0n) is 11.1. The summed E-state index contributed by atoms with van der Waals surface area (Å²) >= 11 is 5.89. The topological polar surface area (TPSA) is 103 Å². The fourth-order valence-corrected chi connectivity index (χ4v) is 1.92. The lowest BCUT2D eigenvalue weighted by atomic mass is 10.2. The number of nitrogens with zero attached hydrogens (tertiary/aromatic N) is 4. The van der Waals surface area contributed by atoms with Gasteiger partial charge in [-0.25, -0.2) is 0 Å². The number of nitro groups is 1. The van der Waals surface area contributed by atoms with E-state index in [0.717, 1.165) is 11.9 Å². The van der Waals surface area contributed by atoms with Crippen LogP contribution in [0.25, 0.3) is 0 Å². The summed E-state index contributed by atoms with van der Waals surface area (Å²) in [5.41, 5.74) is -0.110. The molecule has 0 radical (unpaired) electrons. The van der Waals surface area contributed by atoms with Crippen molar-refractivity contribution in [1.82, 2.24) is 20.1 Å². The Labute approximate surface area is 124 Å². The highest BCUT2D eigenvalue weighted by atomic mass is 35.5. The molecule has 2 rings (SSSR count). The van der Waals surface area contributed by atoms with Crippen LogP contribution in [0.4, 0.5) is 5.69 Å².